The predicted octanol–water partition coefficient (Wildman–Crippen LogP) is 4.28. The molecule has 0 saturated heterocycles. The maximum atomic E-state index is 13.0. The van der Waals surface area contributed by atoms with Crippen LogP contribution in [0.15, 0.2) is 64.8 Å². The topological polar surface area (TPSA) is 158 Å². The van der Waals surface area contributed by atoms with Crippen LogP contribution in [0.3, 0.4) is 0 Å². The maximum absolute atomic E-state index is 13.0. The third-order valence-corrected chi connectivity index (χ3v) is 7.54. The number of urea groups is 1. The molecule has 0 spiro atoms. The number of carbonyl (C=O) groups excluding carboxylic acids is 1. The van der Waals surface area contributed by atoms with E-state index in [1.807, 2.05) is 0 Å². The highest BCUT2D eigenvalue weighted by molar-refractivity contribution is 7.83. The van der Waals surface area contributed by atoms with E-state index in [0.29, 0.717) is 45.3 Å². The standard InChI is InChI=1S/C26H30ClF3N6O3S/c27-18-2-1-3-19(12-18)35-23-13-20(40(33)39)8-9-21(23)22(31)14-34-25(38)36(11-10-26(28,29)30)24(32)17-6-4-16(15-37)5-7-17/h1-7,12,20,32,37H,8-11,13-15,31,33H2,(H,34,38)/b22-21-,32-24?,35-23?. The average molecular weight is 599 g/mol. The van der Waals surface area contributed by atoms with Crippen molar-refractivity contribution in [3.63, 3.8) is 0 Å². The lowest BCUT2D eigenvalue weighted by molar-refractivity contribution is -0.135. The fourth-order valence-corrected chi connectivity index (χ4v) is 4.96. The van der Waals surface area contributed by atoms with Crippen molar-refractivity contribution in [2.24, 2.45) is 15.9 Å². The van der Waals surface area contributed by atoms with Gasteiger partial charge in [-0.2, -0.15) is 13.2 Å². The average Bonchev–Trinajstić information content (AvgIpc) is 2.91. The lowest BCUT2D eigenvalue weighted by atomic mass is 9.90. The molecule has 9 nitrogen and oxygen atoms in total. The van der Waals surface area contributed by atoms with E-state index < -0.39 is 42.0 Å². The number of halogens is 4. The van der Waals surface area contributed by atoms with Crippen LogP contribution in [0.25, 0.3) is 0 Å². The van der Waals surface area contributed by atoms with Gasteiger partial charge in [-0.05, 0) is 42.2 Å². The van der Waals surface area contributed by atoms with Gasteiger partial charge in [0.2, 0.25) is 0 Å². The Bertz CT molecular complexity index is 1320. The second-order valence-electron chi connectivity index (χ2n) is 9.11. The van der Waals surface area contributed by atoms with Gasteiger partial charge in [0.1, 0.15) is 5.84 Å². The van der Waals surface area contributed by atoms with E-state index in [4.69, 9.17) is 27.9 Å². The number of aliphatic hydroxyl groups excluding tert-OH is 1. The summed E-state index contributed by atoms with van der Waals surface area (Å²) in [5, 5.41) is 25.9. The van der Waals surface area contributed by atoms with Crippen LogP contribution in [-0.2, 0) is 17.6 Å². The van der Waals surface area contributed by atoms with Crippen LogP contribution >= 0.6 is 11.6 Å². The van der Waals surface area contributed by atoms with E-state index in [-0.39, 0.29) is 36.1 Å². The predicted molar refractivity (Wildman–Crippen MR) is 150 cm³/mol. The van der Waals surface area contributed by atoms with Crippen LogP contribution in [0.5, 0.6) is 0 Å². The number of carbonyl (C=O) groups is 1. The number of nitrogens with zero attached hydrogens (tertiary/aromatic N) is 2. The summed E-state index contributed by atoms with van der Waals surface area (Å²) in [6.07, 6.45) is -4.75. The number of nitrogens with one attached hydrogen (secondary N) is 2. The highest BCUT2D eigenvalue weighted by Gasteiger charge is 2.31. The Morgan fingerprint density at radius 2 is 1.95 bits per heavy atom. The zero-order chi connectivity index (χ0) is 29.4. The van der Waals surface area contributed by atoms with Gasteiger partial charge in [0.05, 0.1) is 41.5 Å². The van der Waals surface area contributed by atoms with Gasteiger partial charge >= 0.3 is 12.2 Å². The van der Waals surface area contributed by atoms with Gasteiger partial charge in [0.15, 0.2) is 0 Å². The van der Waals surface area contributed by atoms with Gasteiger partial charge in [0.25, 0.3) is 0 Å². The Balaban J connectivity index is 1.83. The molecule has 0 radical (unpaired) electrons. The van der Waals surface area contributed by atoms with Crippen molar-refractivity contribution in [2.45, 2.75) is 43.7 Å². The lowest BCUT2D eigenvalue weighted by Crippen LogP contribution is -2.46. The first-order valence-corrected chi connectivity index (χ1v) is 13.9. The summed E-state index contributed by atoms with van der Waals surface area (Å²) in [6.45, 7) is -1.25. The second-order valence-corrected chi connectivity index (χ2v) is 10.9. The van der Waals surface area contributed by atoms with Crippen molar-refractivity contribution in [3.05, 3.63) is 76.0 Å². The van der Waals surface area contributed by atoms with Crippen LogP contribution in [0.1, 0.15) is 36.8 Å². The smallest absolute Gasteiger partial charge is 0.390 e. The van der Waals surface area contributed by atoms with Crippen molar-refractivity contribution >= 4 is 45.9 Å². The largest absolute Gasteiger partial charge is 0.400 e. The summed E-state index contributed by atoms with van der Waals surface area (Å²) >= 11 is 6.07. The molecule has 2 unspecified atom stereocenters. The molecule has 40 heavy (non-hydrogen) atoms. The molecule has 0 aliphatic heterocycles. The fraction of sp³-hybridized carbons (Fsp3) is 0.346. The van der Waals surface area contributed by atoms with Gasteiger partial charge < -0.3 is 16.2 Å². The molecule has 0 heterocycles. The van der Waals surface area contributed by atoms with Crippen molar-refractivity contribution in [1.29, 1.82) is 5.41 Å². The zero-order valence-electron chi connectivity index (χ0n) is 21.4. The molecule has 1 saturated carbocycles. The van der Waals surface area contributed by atoms with Crippen LogP contribution in [0, 0.1) is 5.41 Å². The molecule has 1 aliphatic rings. The molecule has 14 heteroatoms. The van der Waals surface area contributed by atoms with Gasteiger partial charge in [0, 0.05) is 35.0 Å². The molecule has 2 atom stereocenters. The highest BCUT2D eigenvalue weighted by atomic mass is 35.5. The normalized spacial score (nSPS) is 18.8. The fourth-order valence-electron chi connectivity index (χ4n) is 4.10. The molecule has 2 aromatic rings. The molecule has 1 aliphatic carbocycles. The van der Waals surface area contributed by atoms with E-state index >= 15 is 0 Å². The lowest BCUT2D eigenvalue weighted by Gasteiger charge is -2.27. The third-order valence-electron chi connectivity index (χ3n) is 6.25. The summed E-state index contributed by atoms with van der Waals surface area (Å²) in [4.78, 5) is 18.3. The number of allylic oxidation sites excluding steroid dienone is 1. The number of rotatable bonds is 8. The third kappa shape index (κ3) is 8.88. The summed E-state index contributed by atoms with van der Waals surface area (Å²) in [5.74, 6) is -0.438. The number of amidine groups is 1. The minimum atomic E-state index is -4.55. The van der Waals surface area contributed by atoms with Crippen molar-refractivity contribution < 1.29 is 27.3 Å². The number of aliphatic hydroxyl groups is 1. The molecule has 7 N–H and O–H groups in total. The SMILES string of the molecule is N=C(c1ccc(CO)cc1)N(CCC(F)(F)F)C(=O)NC/C(N)=C1\CCC(S(N)=O)CC1=Nc1cccc(Cl)c1. The number of aliphatic imine (C=N–C) groups is 1. The summed E-state index contributed by atoms with van der Waals surface area (Å²) in [5.41, 5.74) is 8.98. The molecule has 0 aromatic heterocycles. The number of nitrogens with two attached hydrogens (primary N) is 2. The number of benzene rings is 2. The van der Waals surface area contributed by atoms with Crippen molar-refractivity contribution in [3.8, 4) is 0 Å². The maximum Gasteiger partial charge on any atom is 0.390 e. The first-order chi connectivity index (χ1) is 18.9. The Morgan fingerprint density at radius 1 is 1.25 bits per heavy atom. The molecule has 2 aromatic carbocycles. The number of amides is 2. The van der Waals surface area contributed by atoms with Crippen LogP contribution in [0.4, 0.5) is 23.7 Å². The minimum Gasteiger partial charge on any atom is -0.400 e. The van der Waals surface area contributed by atoms with E-state index in [2.05, 4.69) is 10.3 Å². The quantitative estimate of drug-likeness (QED) is 0.227. The van der Waals surface area contributed by atoms with E-state index in [1.165, 1.54) is 24.3 Å². The number of alkyl halides is 3. The van der Waals surface area contributed by atoms with Crippen LogP contribution < -0.4 is 16.2 Å². The molecule has 216 valence electrons. The summed E-state index contributed by atoms with van der Waals surface area (Å²) in [6, 6.07) is 11.8. The molecule has 0 bridgehead atoms. The van der Waals surface area contributed by atoms with Gasteiger partial charge in [-0.25, -0.2) is 9.00 Å². The zero-order valence-corrected chi connectivity index (χ0v) is 23.0. The van der Waals surface area contributed by atoms with Crippen molar-refractivity contribution in [2.75, 3.05) is 13.1 Å². The number of hydrogen-bond donors (Lipinski definition) is 5. The minimum absolute atomic E-state index is 0.199. The van der Waals surface area contributed by atoms with E-state index in [9.17, 15) is 27.3 Å². The Morgan fingerprint density at radius 3 is 2.55 bits per heavy atom. The highest BCUT2D eigenvalue weighted by Crippen LogP contribution is 2.29. The molecular formula is C26H30ClF3N6O3S. The monoisotopic (exact) mass is 598 g/mol. The second kappa shape index (κ2) is 13.9. The Labute approximate surface area is 237 Å². The van der Waals surface area contributed by atoms with Gasteiger partial charge in [-0.1, -0.05) is 41.9 Å². The van der Waals surface area contributed by atoms with Gasteiger partial charge in [-0.15, -0.1) is 0 Å². The molecule has 3 rings (SSSR count). The Hall–Kier alpha value is -3.26. The van der Waals surface area contributed by atoms with E-state index in [0.717, 1.165) is 0 Å². The molecule has 2 amide bonds. The first-order valence-electron chi connectivity index (χ1n) is 12.2. The molecule has 1 fully saturated rings. The summed E-state index contributed by atoms with van der Waals surface area (Å²) in [7, 11) is -1.59. The van der Waals surface area contributed by atoms with Crippen LogP contribution in [0.2, 0.25) is 5.02 Å². The summed E-state index contributed by atoms with van der Waals surface area (Å²) < 4.78 is 51.0. The first kappa shape index (κ1) is 31.3. The Kier molecular flexibility index (Phi) is 10.9. The molecular weight excluding hydrogens is 569 g/mol. The number of hydrogen-bond acceptors (Lipinski definition) is 6. The van der Waals surface area contributed by atoms with E-state index in [1.54, 1.807) is 24.3 Å². The van der Waals surface area contributed by atoms with Gasteiger partial charge in [-0.3, -0.25) is 20.4 Å². The van der Waals surface area contributed by atoms with Crippen LogP contribution in [-0.4, -0.2) is 56.3 Å². The van der Waals surface area contributed by atoms with Crippen molar-refractivity contribution in [1.82, 2.24) is 10.2 Å².